The molecule has 1 fully saturated rings. The summed E-state index contributed by atoms with van der Waals surface area (Å²) in [6.45, 7) is 0.668. The van der Waals surface area contributed by atoms with E-state index in [-0.39, 0.29) is 16.4 Å². The van der Waals surface area contributed by atoms with Crippen molar-refractivity contribution >= 4 is 32.8 Å². The van der Waals surface area contributed by atoms with Crippen LogP contribution in [0.5, 0.6) is 0 Å². The Balaban J connectivity index is 2.04. The van der Waals surface area contributed by atoms with E-state index in [0.717, 1.165) is 23.7 Å². The first-order valence-corrected chi connectivity index (χ1v) is 8.21. The van der Waals surface area contributed by atoms with Gasteiger partial charge in [0.15, 0.2) is 5.58 Å². The summed E-state index contributed by atoms with van der Waals surface area (Å²) >= 11 is 0. The van der Waals surface area contributed by atoms with Crippen molar-refractivity contribution < 1.29 is 4.42 Å². The lowest BCUT2D eigenvalue weighted by Gasteiger charge is -2.12. The van der Waals surface area contributed by atoms with Crippen LogP contribution in [0.25, 0.3) is 32.8 Å². The quantitative estimate of drug-likeness (QED) is 0.419. The van der Waals surface area contributed by atoms with Crippen molar-refractivity contribution in [1.82, 2.24) is 4.57 Å². The van der Waals surface area contributed by atoms with E-state index in [1.54, 1.807) is 22.8 Å². The summed E-state index contributed by atoms with van der Waals surface area (Å²) in [6.07, 6.45) is 2.29. The van der Waals surface area contributed by atoms with E-state index in [0.29, 0.717) is 29.0 Å². The average Bonchev–Trinajstić information content (AvgIpc) is 3.43. The third-order valence-corrected chi connectivity index (χ3v) is 4.83. The topological polar surface area (TPSA) is 52.2 Å². The minimum Gasteiger partial charge on any atom is -0.455 e. The highest BCUT2D eigenvalue weighted by atomic mass is 16.3. The molecule has 0 saturated heterocycles. The van der Waals surface area contributed by atoms with Crippen molar-refractivity contribution in [1.29, 1.82) is 0 Å². The number of aromatic nitrogens is 1. The Morgan fingerprint density at radius 1 is 0.958 bits per heavy atom. The Morgan fingerprint density at radius 3 is 2.46 bits per heavy atom. The fraction of sp³-hybridized carbons (Fsp3) is 0.200. The normalized spacial score (nSPS) is 14.7. The number of benzene rings is 2. The second-order valence-electron chi connectivity index (χ2n) is 6.51. The van der Waals surface area contributed by atoms with Gasteiger partial charge in [-0.15, -0.1) is 0 Å². The first-order valence-electron chi connectivity index (χ1n) is 8.21. The molecule has 1 aliphatic carbocycles. The van der Waals surface area contributed by atoms with E-state index in [1.165, 1.54) is 0 Å². The third kappa shape index (κ3) is 1.86. The number of rotatable bonds is 2. The van der Waals surface area contributed by atoms with Gasteiger partial charge in [0.1, 0.15) is 11.0 Å². The van der Waals surface area contributed by atoms with Crippen LogP contribution in [0.4, 0.5) is 0 Å². The standard InChI is InChI=1S/C20H15NO3/c22-18-14-6-2-4-8-16(14)24-19-13-5-1-3-7-15(13)21(11-12-9-10-12)20(23)17(18)19/h1-8,12H,9-11H2. The Labute approximate surface area is 136 Å². The zero-order valence-electron chi connectivity index (χ0n) is 13.0. The number of hydrogen-bond donors (Lipinski definition) is 0. The molecule has 0 spiro atoms. The van der Waals surface area contributed by atoms with Crippen LogP contribution in [0.3, 0.4) is 0 Å². The molecule has 118 valence electrons. The Morgan fingerprint density at radius 2 is 1.67 bits per heavy atom. The van der Waals surface area contributed by atoms with Gasteiger partial charge in [-0.1, -0.05) is 24.3 Å². The smallest absolute Gasteiger partial charge is 0.266 e. The maximum atomic E-state index is 13.1. The summed E-state index contributed by atoms with van der Waals surface area (Å²) in [5.41, 5.74) is 1.26. The van der Waals surface area contributed by atoms with E-state index < -0.39 is 0 Å². The van der Waals surface area contributed by atoms with Crippen LogP contribution in [0.2, 0.25) is 0 Å². The first kappa shape index (κ1) is 13.5. The van der Waals surface area contributed by atoms with Crippen LogP contribution in [0.15, 0.2) is 62.5 Å². The van der Waals surface area contributed by atoms with Crippen LogP contribution in [-0.4, -0.2) is 4.57 Å². The maximum absolute atomic E-state index is 13.1. The molecule has 0 bridgehead atoms. The molecular weight excluding hydrogens is 302 g/mol. The monoisotopic (exact) mass is 317 g/mol. The van der Waals surface area contributed by atoms with E-state index >= 15 is 0 Å². The van der Waals surface area contributed by atoms with Gasteiger partial charge in [-0.25, -0.2) is 0 Å². The molecule has 0 amide bonds. The van der Waals surface area contributed by atoms with Gasteiger partial charge < -0.3 is 8.98 Å². The molecule has 0 unspecified atom stereocenters. The molecule has 1 aliphatic rings. The molecule has 1 saturated carbocycles. The van der Waals surface area contributed by atoms with Crippen molar-refractivity contribution in [2.45, 2.75) is 19.4 Å². The SMILES string of the molecule is O=c1c2ccccc2oc2c1c(=O)n(CC1CC1)c1ccccc21. The van der Waals surface area contributed by atoms with E-state index in [9.17, 15) is 9.59 Å². The lowest BCUT2D eigenvalue weighted by Crippen LogP contribution is -2.26. The highest BCUT2D eigenvalue weighted by Crippen LogP contribution is 2.32. The number of nitrogens with zero attached hydrogens (tertiary/aromatic N) is 1. The van der Waals surface area contributed by atoms with Crippen molar-refractivity contribution in [2.24, 2.45) is 5.92 Å². The van der Waals surface area contributed by atoms with E-state index in [2.05, 4.69) is 0 Å². The zero-order valence-corrected chi connectivity index (χ0v) is 13.0. The Kier molecular flexibility index (Phi) is 2.71. The summed E-state index contributed by atoms with van der Waals surface area (Å²) in [6, 6.07) is 14.7. The molecule has 4 heteroatoms. The summed E-state index contributed by atoms with van der Waals surface area (Å²) in [4.78, 5) is 26.0. The molecule has 0 aliphatic heterocycles. The van der Waals surface area contributed by atoms with Crippen LogP contribution >= 0.6 is 0 Å². The van der Waals surface area contributed by atoms with Gasteiger partial charge in [-0.05, 0) is 43.0 Å². The average molecular weight is 317 g/mol. The summed E-state index contributed by atoms with van der Waals surface area (Å²) in [5.74, 6) is 0.538. The third-order valence-electron chi connectivity index (χ3n) is 4.83. The minimum atomic E-state index is -0.243. The molecule has 0 radical (unpaired) electrons. The molecule has 5 rings (SSSR count). The molecule has 0 N–H and O–H groups in total. The largest absolute Gasteiger partial charge is 0.455 e. The molecule has 4 aromatic rings. The predicted molar refractivity (Wildman–Crippen MR) is 94.5 cm³/mol. The molecule has 2 aromatic heterocycles. The van der Waals surface area contributed by atoms with Crippen molar-refractivity contribution in [2.75, 3.05) is 0 Å². The van der Waals surface area contributed by atoms with Gasteiger partial charge in [0, 0.05) is 11.9 Å². The van der Waals surface area contributed by atoms with Gasteiger partial charge in [0.05, 0.1) is 10.9 Å². The van der Waals surface area contributed by atoms with Crippen LogP contribution in [-0.2, 0) is 6.54 Å². The molecule has 4 nitrogen and oxygen atoms in total. The summed E-state index contributed by atoms with van der Waals surface area (Å²) < 4.78 is 7.73. The van der Waals surface area contributed by atoms with Crippen LogP contribution in [0.1, 0.15) is 12.8 Å². The molecule has 0 atom stereocenters. The Hall–Kier alpha value is -2.88. The lowest BCUT2D eigenvalue weighted by molar-refractivity contribution is 0.624. The van der Waals surface area contributed by atoms with Gasteiger partial charge in [-0.3, -0.25) is 9.59 Å². The maximum Gasteiger partial charge on any atom is 0.266 e. The van der Waals surface area contributed by atoms with Crippen molar-refractivity contribution in [3.63, 3.8) is 0 Å². The van der Waals surface area contributed by atoms with Gasteiger partial charge >= 0.3 is 0 Å². The Bertz CT molecular complexity index is 1230. The van der Waals surface area contributed by atoms with Crippen molar-refractivity contribution in [3.8, 4) is 0 Å². The van der Waals surface area contributed by atoms with Crippen LogP contribution < -0.4 is 11.0 Å². The molecule has 2 heterocycles. The number of para-hydroxylation sites is 2. The van der Waals surface area contributed by atoms with Gasteiger partial charge in [0.25, 0.3) is 5.56 Å². The van der Waals surface area contributed by atoms with Crippen molar-refractivity contribution in [3.05, 3.63) is 69.1 Å². The summed E-state index contributed by atoms with van der Waals surface area (Å²) in [7, 11) is 0. The fourth-order valence-electron chi connectivity index (χ4n) is 3.41. The second-order valence-corrected chi connectivity index (χ2v) is 6.51. The van der Waals surface area contributed by atoms with E-state index in [1.807, 2.05) is 30.3 Å². The highest BCUT2D eigenvalue weighted by molar-refractivity contribution is 6.04. The van der Waals surface area contributed by atoms with E-state index in [4.69, 9.17) is 4.42 Å². The predicted octanol–water partition coefficient (Wildman–Crippen LogP) is 3.67. The van der Waals surface area contributed by atoms with Gasteiger partial charge in [-0.2, -0.15) is 0 Å². The summed E-state index contributed by atoms with van der Waals surface area (Å²) in [5, 5.41) is 1.43. The number of pyridine rings is 1. The lowest BCUT2D eigenvalue weighted by atomic mass is 10.1. The minimum absolute atomic E-state index is 0.160. The molecule has 24 heavy (non-hydrogen) atoms. The highest BCUT2D eigenvalue weighted by Gasteiger charge is 2.25. The first-order chi connectivity index (χ1) is 11.7. The molecular formula is C20H15NO3. The molecule has 2 aromatic carbocycles. The number of fused-ring (bicyclic) bond motifs is 4. The number of hydrogen-bond acceptors (Lipinski definition) is 3. The van der Waals surface area contributed by atoms with Gasteiger partial charge in [0.2, 0.25) is 5.43 Å². The fourth-order valence-corrected chi connectivity index (χ4v) is 3.41. The second kappa shape index (κ2) is 4.81. The van der Waals surface area contributed by atoms with Crippen LogP contribution in [0, 0.1) is 5.92 Å². The zero-order chi connectivity index (χ0) is 16.3.